The van der Waals surface area contributed by atoms with Gasteiger partial charge >= 0.3 is 0 Å². The standard InChI is InChI=1S/C19H20N2O/c1-12-8-13(2)10-15(9-12)21-17-11-14(3)20-19-16(17)6-5-7-18(19)22-4/h5-11H,1-4H3,(H,20,21). The van der Waals surface area contributed by atoms with Gasteiger partial charge in [0.15, 0.2) is 0 Å². The fourth-order valence-corrected chi connectivity index (χ4v) is 2.82. The van der Waals surface area contributed by atoms with Gasteiger partial charge in [0.1, 0.15) is 11.3 Å². The van der Waals surface area contributed by atoms with E-state index in [0.29, 0.717) is 0 Å². The summed E-state index contributed by atoms with van der Waals surface area (Å²) in [5.41, 5.74) is 6.48. The molecule has 0 amide bonds. The van der Waals surface area contributed by atoms with Crippen LogP contribution < -0.4 is 10.1 Å². The quantitative estimate of drug-likeness (QED) is 0.744. The molecule has 1 aromatic heterocycles. The van der Waals surface area contributed by atoms with Crippen LogP contribution in [-0.4, -0.2) is 12.1 Å². The molecule has 0 saturated carbocycles. The first-order valence-corrected chi connectivity index (χ1v) is 7.36. The molecule has 0 bridgehead atoms. The molecule has 112 valence electrons. The smallest absolute Gasteiger partial charge is 0.145 e. The number of aryl methyl sites for hydroxylation is 3. The minimum atomic E-state index is 0.796. The SMILES string of the molecule is COc1cccc2c(Nc3cc(C)cc(C)c3)cc(C)nc12. The van der Waals surface area contributed by atoms with E-state index < -0.39 is 0 Å². The first kappa shape index (κ1) is 14.4. The van der Waals surface area contributed by atoms with Crippen molar-refractivity contribution in [3.63, 3.8) is 0 Å². The van der Waals surface area contributed by atoms with Gasteiger partial charge in [-0.05, 0) is 56.2 Å². The molecule has 0 aliphatic carbocycles. The lowest BCUT2D eigenvalue weighted by atomic mass is 10.1. The van der Waals surface area contributed by atoms with Crippen molar-refractivity contribution < 1.29 is 4.74 Å². The molecule has 1 N–H and O–H groups in total. The third-order valence-electron chi connectivity index (χ3n) is 3.65. The summed E-state index contributed by atoms with van der Waals surface area (Å²) in [6.07, 6.45) is 0. The molecule has 0 radical (unpaired) electrons. The Balaban J connectivity index is 2.14. The van der Waals surface area contributed by atoms with Crippen molar-refractivity contribution in [2.75, 3.05) is 12.4 Å². The molecule has 3 rings (SSSR count). The number of hydrogen-bond acceptors (Lipinski definition) is 3. The number of para-hydroxylation sites is 1. The van der Waals surface area contributed by atoms with E-state index in [1.165, 1.54) is 11.1 Å². The molecule has 2 aromatic carbocycles. The van der Waals surface area contributed by atoms with Crippen LogP contribution in [0.4, 0.5) is 11.4 Å². The Labute approximate surface area is 131 Å². The van der Waals surface area contributed by atoms with Crippen molar-refractivity contribution in [3.8, 4) is 5.75 Å². The molecule has 3 aromatic rings. The summed E-state index contributed by atoms with van der Waals surface area (Å²) in [6.45, 7) is 6.22. The number of ether oxygens (including phenoxy) is 1. The first-order valence-electron chi connectivity index (χ1n) is 7.36. The first-order chi connectivity index (χ1) is 10.6. The minimum Gasteiger partial charge on any atom is -0.494 e. The minimum absolute atomic E-state index is 0.796. The number of hydrogen-bond donors (Lipinski definition) is 1. The van der Waals surface area contributed by atoms with Gasteiger partial charge in [-0.1, -0.05) is 18.2 Å². The summed E-state index contributed by atoms with van der Waals surface area (Å²) in [6, 6.07) is 14.5. The Kier molecular flexibility index (Phi) is 3.72. The Morgan fingerprint density at radius 3 is 2.36 bits per heavy atom. The number of fused-ring (bicyclic) bond motifs is 1. The van der Waals surface area contributed by atoms with Gasteiger partial charge in [-0.25, -0.2) is 4.98 Å². The average Bonchev–Trinajstić information content (AvgIpc) is 2.45. The van der Waals surface area contributed by atoms with Crippen LogP contribution in [0.2, 0.25) is 0 Å². The zero-order valence-corrected chi connectivity index (χ0v) is 13.4. The van der Waals surface area contributed by atoms with Crippen molar-refractivity contribution in [2.45, 2.75) is 20.8 Å². The van der Waals surface area contributed by atoms with E-state index in [0.717, 1.165) is 33.7 Å². The fourth-order valence-electron chi connectivity index (χ4n) is 2.82. The summed E-state index contributed by atoms with van der Waals surface area (Å²) in [5.74, 6) is 0.796. The Morgan fingerprint density at radius 1 is 0.955 bits per heavy atom. The van der Waals surface area contributed by atoms with E-state index >= 15 is 0 Å². The number of rotatable bonds is 3. The van der Waals surface area contributed by atoms with Crippen LogP contribution in [0.1, 0.15) is 16.8 Å². The summed E-state index contributed by atoms with van der Waals surface area (Å²) in [4.78, 5) is 4.62. The number of anilines is 2. The zero-order chi connectivity index (χ0) is 15.7. The van der Waals surface area contributed by atoms with Crippen molar-refractivity contribution in [1.82, 2.24) is 4.98 Å². The molecule has 3 nitrogen and oxygen atoms in total. The van der Waals surface area contributed by atoms with Crippen LogP contribution >= 0.6 is 0 Å². The van der Waals surface area contributed by atoms with Crippen LogP contribution in [0.3, 0.4) is 0 Å². The maximum Gasteiger partial charge on any atom is 0.145 e. The second kappa shape index (κ2) is 5.68. The predicted molar refractivity (Wildman–Crippen MR) is 92.2 cm³/mol. The maximum absolute atomic E-state index is 5.44. The highest BCUT2D eigenvalue weighted by Gasteiger charge is 2.09. The molecule has 0 atom stereocenters. The molecule has 22 heavy (non-hydrogen) atoms. The number of pyridine rings is 1. The summed E-state index contributed by atoms with van der Waals surface area (Å²) >= 11 is 0. The maximum atomic E-state index is 5.44. The molecule has 0 saturated heterocycles. The average molecular weight is 292 g/mol. The Bertz CT molecular complexity index is 820. The number of benzene rings is 2. The number of methoxy groups -OCH3 is 1. The molecule has 0 spiro atoms. The monoisotopic (exact) mass is 292 g/mol. The lowest BCUT2D eigenvalue weighted by Crippen LogP contribution is -1.97. The van der Waals surface area contributed by atoms with E-state index in [9.17, 15) is 0 Å². The molecule has 3 heteroatoms. The van der Waals surface area contributed by atoms with E-state index in [1.54, 1.807) is 7.11 Å². The zero-order valence-electron chi connectivity index (χ0n) is 13.4. The van der Waals surface area contributed by atoms with Crippen molar-refractivity contribution in [2.24, 2.45) is 0 Å². The Morgan fingerprint density at radius 2 is 1.68 bits per heavy atom. The van der Waals surface area contributed by atoms with E-state index in [-0.39, 0.29) is 0 Å². The highest BCUT2D eigenvalue weighted by Crippen LogP contribution is 2.32. The number of nitrogens with one attached hydrogen (secondary N) is 1. The fraction of sp³-hybridized carbons (Fsp3) is 0.211. The lowest BCUT2D eigenvalue weighted by Gasteiger charge is -2.13. The number of nitrogens with zero attached hydrogens (tertiary/aromatic N) is 1. The van der Waals surface area contributed by atoms with Gasteiger partial charge in [0.05, 0.1) is 7.11 Å². The van der Waals surface area contributed by atoms with Crippen LogP contribution in [0.15, 0.2) is 42.5 Å². The van der Waals surface area contributed by atoms with Gasteiger partial charge in [-0.15, -0.1) is 0 Å². The summed E-state index contributed by atoms with van der Waals surface area (Å²) in [7, 11) is 1.68. The largest absolute Gasteiger partial charge is 0.494 e. The van der Waals surface area contributed by atoms with Gasteiger partial charge in [-0.3, -0.25) is 0 Å². The van der Waals surface area contributed by atoms with Crippen LogP contribution in [0.5, 0.6) is 5.75 Å². The predicted octanol–water partition coefficient (Wildman–Crippen LogP) is 4.91. The van der Waals surface area contributed by atoms with Crippen molar-refractivity contribution in [3.05, 3.63) is 59.3 Å². The van der Waals surface area contributed by atoms with E-state index in [2.05, 4.69) is 54.5 Å². The van der Waals surface area contributed by atoms with E-state index in [4.69, 9.17) is 4.74 Å². The van der Waals surface area contributed by atoms with Crippen molar-refractivity contribution >= 4 is 22.3 Å². The molecule has 0 unspecified atom stereocenters. The second-order valence-corrected chi connectivity index (χ2v) is 5.67. The van der Waals surface area contributed by atoms with Crippen LogP contribution in [-0.2, 0) is 0 Å². The summed E-state index contributed by atoms with van der Waals surface area (Å²) in [5, 5.41) is 4.58. The van der Waals surface area contributed by atoms with Gasteiger partial charge in [-0.2, -0.15) is 0 Å². The second-order valence-electron chi connectivity index (χ2n) is 5.67. The normalized spacial score (nSPS) is 10.7. The highest BCUT2D eigenvalue weighted by molar-refractivity contribution is 5.96. The molecule has 1 heterocycles. The Hall–Kier alpha value is -2.55. The molecule has 0 aliphatic rings. The van der Waals surface area contributed by atoms with E-state index in [1.807, 2.05) is 19.1 Å². The van der Waals surface area contributed by atoms with Crippen LogP contribution in [0.25, 0.3) is 10.9 Å². The number of aromatic nitrogens is 1. The third-order valence-corrected chi connectivity index (χ3v) is 3.65. The highest BCUT2D eigenvalue weighted by atomic mass is 16.5. The van der Waals surface area contributed by atoms with Gasteiger partial charge in [0.25, 0.3) is 0 Å². The van der Waals surface area contributed by atoms with Gasteiger partial charge in [0.2, 0.25) is 0 Å². The third kappa shape index (κ3) is 2.75. The molecule has 0 fully saturated rings. The molecular formula is C19H20N2O. The van der Waals surface area contributed by atoms with Crippen LogP contribution in [0, 0.1) is 20.8 Å². The van der Waals surface area contributed by atoms with Gasteiger partial charge in [0, 0.05) is 22.5 Å². The topological polar surface area (TPSA) is 34.1 Å². The summed E-state index contributed by atoms with van der Waals surface area (Å²) < 4.78 is 5.44. The molecule has 0 aliphatic heterocycles. The molecular weight excluding hydrogens is 272 g/mol. The lowest BCUT2D eigenvalue weighted by molar-refractivity contribution is 0.419. The van der Waals surface area contributed by atoms with Gasteiger partial charge < -0.3 is 10.1 Å². The van der Waals surface area contributed by atoms with Crippen molar-refractivity contribution in [1.29, 1.82) is 0 Å².